The number of rotatable bonds is 8. The molecule has 0 aliphatic carbocycles. The number of ether oxygens (including phenoxy) is 1. The van der Waals surface area contributed by atoms with Crippen molar-refractivity contribution in [1.29, 1.82) is 0 Å². The summed E-state index contributed by atoms with van der Waals surface area (Å²) in [7, 11) is -1.25. The minimum absolute atomic E-state index is 0.104. The van der Waals surface area contributed by atoms with Gasteiger partial charge in [0.05, 0.1) is 29.5 Å². The van der Waals surface area contributed by atoms with E-state index in [1.165, 1.54) is 24.0 Å². The van der Waals surface area contributed by atoms with E-state index in [2.05, 4.69) is 32.3 Å². The molecule has 2 heterocycles. The van der Waals surface area contributed by atoms with Crippen molar-refractivity contribution in [2.45, 2.75) is 25.9 Å². The van der Waals surface area contributed by atoms with Crippen molar-refractivity contribution in [2.75, 3.05) is 37.8 Å². The molecule has 1 aromatic heterocycles. The predicted octanol–water partition coefficient (Wildman–Crippen LogP) is 6.39. The summed E-state index contributed by atoms with van der Waals surface area (Å²) >= 11 is 0. The van der Waals surface area contributed by atoms with Gasteiger partial charge in [0.25, 0.3) is 6.43 Å². The van der Waals surface area contributed by atoms with Crippen LogP contribution in [-0.4, -0.2) is 47.4 Å². The van der Waals surface area contributed by atoms with E-state index in [0.29, 0.717) is 53.2 Å². The van der Waals surface area contributed by atoms with Crippen LogP contribution in [0.2, 0.25) is 0 Å². The van der Waals surface area contributed by atoms with E-state index in [0.717, 1.165) is 12.6 Å². The maximum Gasteiger partial charge on any atom is 0.266 e. The molecular formula is C29H30F3N4O2P. The van der Waals surface area contributed by atoms with Crippen LogP contribution in [0, 0.1) is 5.82 Å². The topological polar surface area (TPSA) is 67.4 Å². The van der Waals surface area contributed by atoms with E-state index in [1.807, 2.05) is 24.3 Å². The predicted molar refractivity (Wildman–Crippen MR) is 148 cm³/mol. The molecule has 1 saturated heterocycles. The highest BCUT2D eigenvalue weighted by Gasteiger charge is 2.34. The zero-order valence-electron chi connectivity index (χ0n) is 21.8. The molecule has 1 fully saturated rings. The molecule has 4 aromatic rings. The summed E-state index contributed by atoms with van der Waals surface area (Å²) in [6, 6.07) is 17.1. The molecule has 0 radical (unpaired) electrons. The van der Waals surface area contributed by atoms with Gasteiger partial charge in [-0.3, -0.25) is 4.90 Å². The zero-order chi connectivity index (χ0) is 27.6. The van der Waals surface area contributed by atoms with E-state index >= 15 is 0 Å². The van der Waals surface area contributed by atoms with Crippen molar-refractivity contribution in [2.24, 2.45) is 0 Å². The molecule has 1 N–H and O–H groups in total. The number of methoxy groups -OCH3 is 1. The third kappa shape index (κ3) is 5.65. The first-order chi connectivity index (χ1) is 18.8. The molecule has 1 atom stereocenters. The molecule has 1 aliphatic heterocycles. The van der Waals surface area contributed by atoms with Gasteiger partial charge in [-0.1, -0.05) is 48.5 Å². The normalized spacial score (nSPS) is 16.4. The first-order valence-corrected chi connectivity index (χ1v) is 14.9. The molecule has 0 amide bonds. The highest BCUT2D eigenvalue weighted by Crippen LogP contribution is 2.49. The number of hydrogen-bond donors (Lipinski definition) is 1. The Balaban J connectivity index is 1.43. The second-order valence-electron chi connectivity index (χ2n) is 9.78. The second-order valence-corrected chi connectivity index (χ2v) is 12.9. The molecule has 3 aromatic carbocycles. The lowest BCUT2D eigenvalue weighted by atomic mass is 10.0. The van der Waals surface area contributed by atoms with Crippen LogP contribution in [0.5, 0.6) is 5.75 Å². The highest BCUT2D eigenvalue weighted by atomic mass is 31.2. The van der Waals surface area contributed by atoms with Crippen molar-refractivity contribution in [3.05, 3.63) is 89.5 Å². The van der Waals surface area contributed by atoms with Crippen molar-refractivity contribution < 1.29 is 22.5 Å². The van der Waals surface area contributed by atoms with Crippen LogP contribution in [0.25, 0.3) is 10.9 Å². The van der Waals surface area contributed by atoms with Crippen molar-refractivity contribution in [3.63, 3.8) is 0 Å². The van der Waals surface area contributed by atoms with Crippen molar-refractivity contribution in [1.82, 2.24) is 14.9 Å². The van der Waals surface area contributed by atoms with Crippen LogP contribution in [0.3, 0.4) is 0 Å². The molecule has 1 aliphatic rings. The van der Waals surface area contributed by atoms with Gasteiger partial charge in [0.2, 0.25) is 0 Å². The first kappa shape index (κ1) is 27.2. The standard InChI is InChI=1S/C29H30F3N4O2P/c1-19(21-9-6-10-22(27(21)30)28(31)32)35-29-23-15-26(25(38-2)16-24(23)33-18-34-29)39(37)13-11-36(12-14-39)17-20-7-4-3-5-8-20/h3-10,15-16,18-19,28H,11-14,17H2,1-2H3,(H,33,34,35)/t19-/m1/s1. The largest absolute Gasteiger partial charge is 0.496 e. The highest BCUT2D eigenvalue weighted by molar-refractivity contribution is 7.72. The van der Waals surface area contributed by atoms with Crippen LogP contribution < -0.4 is 15.4 Å². The molecule has 6 nitrogen and oxygen atoms in total. The Kier molecular flexibility index (Phi) is 7.91. The summed E-state index contributed by atoms with van der Waals surface area (Å²) < 4.78 is 61.2. The minimum atomic E-state index is -2.91. The van der Waals surface area contributed by atoms with Gasteiger partial charge in [0, 0.05) is 49.0 Å². The Morgan fingerprint density at radius 1 is 1.03 bits per heavy atom. The maximum absolute atomic E-state index is 14.8. The van der Waals surface area contributed by atoms with Crippen molar-refractivity contribution in [3.8, 4) is 5.75 Å². The Hall–Kier alpha value is -3.42. The van der Waals surface area contributed by atoms with Gasteiger partial charge in [-0.2, -0.15) is 0 Å². The summed E-state index contributed by atoms with van der Waals surface area (Å²) in [5.74, 6) is -0.0387. The number of benzene rings is 3. The summed E-state index contributed by atoms with van der Waals surface area (Å²) in [6.07, 6.45) is -0.518. The Labute approximate surface area is 225 Å². The Bertz CT molecular complexity index is 1510. The lowest BCUT2D eigenvalue weighted by Crippen LogP contribution is -2.36. The average molecular weight is 555 g/mol. The number of aromatic nitrogens is 2. The van der Waals surface area contributed by atoms with Crippen molar-refractivity contribution >= 4 is 29.2 Å². The monoisotopic (exact) mass is 554 g/mol. The van der Waals surface area contributed by atoms with Gasteiger partial charge in [-0.05, 0) is 18.6 Å². The van der Waals surface area contributed by atoms with Gasteiger partial charge < -0.3 is 14.6 Å². The molecule has 204 valence electrons. The molecule has 0 unspecified atom stereocenters. The van der Waals surface area contributed by atoms with Crippen LogP contribution in [0.1, 0.15) is 36.1 Å². The number of hydrogen-bond acceptors (Lipinski definition) is 6. The van der Waals surface area contributed by atoms with Gasteiger partial charge in [0.15, 0.2) is 0 Å². The summed E-state index contributed by atoms with van der Waals surface area (Å²) in [4.78, 5) is 11.0. The van der Waals surface area contributed by atoms with Crippen LogP contribution in [-0.2, 0) is 11.1 Å². The van der Waals surface area contributed by atoms with Crippen LogP contribution >= 0.6 is 7.14 Å². The zero-order valence-corrected chi connectivity index (χ0v) is 22.7. The van der Waals surface area contributed by atoms with Crippen LogP contribution in [0.4, 0.5) is 19.0 Å². The van der Waals surface area contributed by atoms with E-state index < -0.39 is 31.0 Å². The number of alkyl halides is 2. The minimum Gasteiger partial charge on any atom is -0.496 e. The second kappa shape index (κ2) is 11.4. The van der Waals surface area contributed by atoms with Gasteiger partial charge >= 0.3 is 0 Å². The molecule has 0 saturated carbocycles. The molecule has 0 bridgehead atoms. The fraction of sp³-hybridized carbons (Fsp3) is 0.310. The molecule has 0 spiro atoms. The average Bonchev–Trinajstić information content (AvgIpc) is 2.94. The molecule has 5 rings (SSSR count). The Morgan fingerprint density at radius 2 is 1.74 bits per heavy atom. The van der Waals surface area contributed by atoms with E-state index in [-0.39, 0.29) is 5.56 Å². The fourth-order valence-corrected chi connectivity index (χ4v) is 7.93. The number of anilines is 1. The van der Waals surface area contributed by atoms with E-state index in [1.54, 1.807) is 20.1 Å². The smallest absolute Gasteiger partial charge is 0.266 e. The molecule has 10 heteroatoms. The van der Waals surface area contributed by atoms with E-state index in [9.17, 15) is 17.7 Å². The summed E-state index contributed by atoms with van der Waals surface area (Å²) in [5, 5.41) is 4.38. The van der Waals surface area contributed by atoms with Gasteiger partial charge in [-0.15, -0.1) is 0 Å². The Morgan fingerprint density at radius 3 is 2.44 bits per heavy atom. The molecular weight excluding hydrogens is 524 g/mol. The maximum atomic E-state index is 14.8. The molecule has 39 heavy (non-hydrogen) atoms. The number of fused-ring (bicyclic) bond motifs is 1. The number of nitrogens with zero attached hydrogens (tertiary/aromatic N) is 3. The third-order valence-corrected chi connectivity index (χ3v) is 10.4. The SMILES string of the molecule is COc1cc2ncnc(N[C@H](C)c3cccc(C(F)F)c3F)c2cc1P1(=O)CCN(Cc2ccccc2)CC1. The lowest BCUT2D eigenvalue weighted by molar-refractivity contribution is 0.146. The van der Waals surface area contributed by atoms with Crippen LogP contribution in [0.15, 0.2) is 67.0 Å². The quantitative estimate of drug-likeness (QED) is 0.255. The fourth-order valence-electron chi connectivity index (χ4n) is 5.09. The van der Waals surface area contributed by atoms with E-state index in [4.69, 9.17) is 4.74 Å². The lowest BCUT2D eigenvalue weighted by Gasteiger charge is -2.33. The first-order valence-electron chi connectivity index (χ1n) is 12.8. The number of halogens is 3. The van der Waals surface area contributed by atoms with Gasteiger partial charge in [0.1, 0.15) is 30.9 Å². The summed E-state index contributed by atoms with van der Waals surface area (Å²) in [6.45, 7) is 3.87. The van der Waals surface area contributed by atoms with Gasteiger partial charge in [-0.25, -0.2) is 23.1 Å². The number of nitrogens with one attached hydrogen (secondary N) is 1. The third-order valence-electron chi connectivity index (χ3n) is 7.29. The summed E-state index contributed by atoms with van der Waals surface area (Å²) in [5.41, 5.74) is 1.25.